The van der Waals surface area contributed by atoms with Crippen LogP contribution in [-0.4, -0.2) is 18.5 Å². The minimum Gasteiger partial charge on any atom is -0.466 e. The van der Waals surface area contributed by atoms with E-state index >= 15 is 0 Å². The van der Waals surface area contributed by atoms with Crippen LogP contribution < -0.4 is 11.1 Å². The summed E-state index contributed by atoms with van der Waals surface area (Å²) >= 11 is 0. The molecule has 5 heteroatoms. The third-order valence-corrected chi connectivity index (χ3v) is 3.08. The van der Waals surface area contributed by atoms with Gasteiger partial charge in [0.1, 0.15) is 5.54 Å². The smallest absolute Gasteiger partial charge is 0.302 e. The first-order chi connectivity index (χ1) is 8.54. The molecule has 2 rings (SSSR count). The zero-order valence-corrected chi connectivity index (χ0v) is 10.2. The number of nitrogens with two attached hydrogens (primary N) is 1. The molecule has 0 radical (unpaired) electrons. The third-order valence-electron chi connectivity index (χ3n) is 3.08. The summed E-state index contributed by atoms with van der Waals surface area (Å²) in [5.41, 5.74) is 6.73. The van der Waals surface area contributed by atoms with Crippen molar-refractivity contribution in [2.24, 2.45) is 5.73 Å². The molecule has 96 valence electrons. The number of para-hydroxylation sites is 1. The van der Waals surface area contributed by atoms with Gasteiger partial charge in [-0.25, -0.2) is 0 Å². The molecule has 0 saturated heterocycles. The zero-order chi connectivity index (χ0) is 13.2. The maximum atomic E-state index is 11.9. The Balaban J connectivity index is 2.06. The van der Waals surface area contributed by atoms with E-state index in [0.29, 0.717) is 12.8 Å². The Morgan fingerprint density at radius 2 is 2.17 bits per heavy atom. The van der Waals surface area contributed by atoms with Gasteiger partial charge in [0.15, 0.2) is 0 Å². The van der Waals surface area contributed by atoms with Crippen LogP contribution in [0.25, 0.3) is 0 Å². The molecule has 3 N–H and O–H groups in total. The van der Waals surface area contributed by atoms with Gasteiger partial charge in [0, 0.05) is 18.2 Å². The number of hydrogen-bond acceptors (Lipinski definition) is 4. The molecule has 1 heterocycles. The second-order valence-corrected chi connectivity index (χ2v) is 4.41. The number of anilines is 1. The Labute approximate surface area is 105 Å². The monoisotopic (exact) mass is 248 g/mol. The lowest BCUT2D eigenvalue weighted by molar-refractivity contribution is -0.141. The predicted molar refractivity (Wildman–Crippen MR) is 66.8 cm³/mol. The number of rotatable bonds is 4. The number of amides is 1. The van der Waals surface area contributed by atoms with Gasteiger partial charge in [0.25, 0.3) is 0 Å². The average Bonchev–Trinajstić information content (AvgIpc) is 2.58. The number of carbonyl (C=O) groups excluding carboxylic acids is 2. The fraction of sp³-hybridized carbons (Fsp3) is 0.385. The highest BCUT2D eigenvalue weighted by Crippen LogP contribution is 2.36. The zero-order valence-electron chi connectivity index (χ0n) is 10.2. The van der Waals surface area contributed by atoms with Crippen LogP contribution in [0.4, 0.5) is 5.69 Å². The van der Waals surface area contributed by atoms with E-state index in [1.54, 1.807) is 0 Å². The third kappa shape index (κ3) is 2.22. The van der Waals surface area contributed by atoms with Crippen molar-refractivity contribution in [2.45, 2.75) is 25.3 Å². The van der Waals surface area contributed by atoms with E-state index in [9.17, 15) is 9.59 Å². The van der Waals surface area contributed by atoms with Crippen LogP contribution in [0, 0.1) is 0 Å². The van der Waals surface area contributed by atoms with E-state index < -0.39 is 5.54 Å². The van der Waals surface area contributed by atoms with Gasteiger partial charge in [-0.1, -0.05) is 18.2 Å². The van der Waals surface area contributed by atoms with Crippen LogP contribution in [0.5, 0.6) is 0 Å². The molecular formula is C13H16N2O3. The summed E-state index contributed by atoms with van der Waals surface area (Å²) in [5, 5.41) is 2.77. The quantitative estimate of drug-likeness (QED) is 0.618. The number of nitrogens with one attached hydrogen (secondary N) is 1. The van der Waals surface area contributed by atoms with Crippen LogP contribution in [0.1, 0.15) is 25.3 Å². The molecule has 0 aromatic heterocycles. The van der Waals surface area contributed by atoms with Crippen LogP contribution in [0.2, 0.25) is 0 Å². The van der Waals surface area contributed by atoms with E-state index in [0.717, 1.165) is 11.3 Å². The van der Waals surface area contributed by atoms with Crippen molar-refractivity contribution >= 4 is 17.6 Å². The van der Waals surface area contributed by atoms with Crippen molar-refractivity contribution in [2.75, 3.05) is 11.9 Å². The lowest BCUT2D eigenvalue weighted by Crippen LogP contribution is -2.43. The fourth-order valence-electron chi connectivity index (χ4n) is 2.15. The van der Waals surface area contributed by atoms with E-state index in [2.05, 4.69) is 5.32 Å². The summed E-state index contributed by atoms with van der Waals surface area (Å²) in [6.45, 7) is 1.64. The van der Waals surface area contributed by atoms with Crippen molar-refractivity contribution in [3.8, 4) is 0 Å². The first-order valence-corrected chi connectivity index (χ1v) is 5.87. The first kappa shape index (κ1) is 12.6. The molecule has 0 fully saturated rings. The van der Waals surface area contributed by atoms with Crippen LogP contribution in [-0.2, 0) is 19.9 Å². The van der Waals surface area contributed by atoms with Crippen molar-refractivity contribution in [3.05, 3.63) is 29.8 Å². The Morgan fingerprint density at radius 1 is 1.44 bits per heavy atom. The summed E-state index contributed by atoms with van der Waals surface area (Å²) in [6.07, 6.45) is 1.00. The minimum atomic E-state index is -1.02. The van der Waals surface area contributed by atoms with Gasteiger partial charge >= 0.3 is 5.97 Å². The first-order valence-electron chi connectivity index (χ1n) is 5.87. The van der Waals surface area contributed by atoms with E-state index in [-0.39, 0.29) is 18.5 Å². The number of esters is 1. The molecule has 0 spiro atoms. The van der Waals surface area contributed by atoms with Crippen molar-refractivity contribution in [1.29, 1.82) is 0 Å². The Kier molecular flexibility index (Phi) is 3.34. The van der Waals surface area contributed by atoms with E-state index in [4.69, 9.17) is 10.5 Å². The maximum absolute atomic E-state index is 11.9. The Bertz CT molecular complexity index is 487. The standard InChI is InChI=1S/C13H16N2O3/c1-9(16)18-8-4-7-13(14)10-5-2-3-6-11(10)15-12(13)17/h2-3,5-6H,4,7-8,14H2,1H3,(H,15,17). The largest absolute Gasteiger partial charge is 0.466 e. The van der Waals surface area contributed by atoms with Crippen LogP contribution in [0.15, 0.2) is 24.3 Å². The lowest BCUT2D eigenvalue weighted by Gasteiger charge is -2.21. The molecule has 0 saturated carbocycles. The maximum Gasteiger partial charge on any atom is 0.302 e. The highest BCUT2D eigenvalue weighted by atomic mass is 16.5. The number of carbonyl (C=O) groups is 2. The second-order valence-electron chi connectivity index (χ2n) is 4.41. The van der Waals surface area contributed by atoms with Gasteiger partial charge < -0.3 is 15.8 Å². The van der Waals surface area contributed by atoms with Gasteiger partial charge in [-0.2, -0.15) is 0 Å². The predicted octanol–water partition coefficient (Wildman–Crippen LogP) is 1.14. The Morgan fingerprint density at radius 3 is 2.89 bits per heavy atom. The summed E-state index contributed by atoms with van der Waals surface area (Å²) in [7, 11) is 0. The van der Waals surface area contributed by atoms with E-state index in [1.807, 2.05) is 24.3 Å². The van der Waals surface area contributed by atoms with Crippen molar-refractivity contribution in [3.63, 3.8) is 0 Å². The number of benzene rings is 1. The minimum absolute atomic E-state index is 0.202. The fourth-order valence-corrected chi connectivity index (χ4v) is 2.15. The molecule has 1 unspecified atom stereocenters. The number of fused-ring (bicyclic) bond motifs is 1. The molecular weight excluding hydrogens is 232 g/mol. The van der Waals surface area contributed by atoms with Crippen LogP contribution >= 0.6 is 0 Å². The molecule has 1 aliphatic rings. The summed E-state index contributed by atoms with van der Waals surface area (Å²) in [6, 6.07) is 7.38. The van der Waals surface area contributed by atoms with E-state index in [1.165, 1.54) is 6.92 Å². The molecule has 1 aromatic carbocycles. The Hall–Kier alpha value is -1.88. The highest BCUT2D eigenvalue weighted by Gasteiger charge is 2.42. The SMILES string of the molecule is CC(=O)OCCCC1(N)C(=O)Nc2ccccc21. The molecule has 0 aliphatic carbocycles. The van der Waals surface area contributed by atoms with Crippen LogP contribution in [0.3, 0.4) is 0 Å². The normalized spacial score (nSPS) is 21.3. The summed E-state index contributed by atoms with van der Waals surface area (Å²) < 4.78 is 4.84. The molecule has 18 heavy (non-hydrogen) atoms. The summed E-state index contributed by atoms with van der Waals surface area (Å²) in [4.78, 5) is 22.6. The molecule has 5 nitrogen and oxygen atoms in total. The van der Waals surface area contributed by atoms with Gasteiger partial charge in [-0.15, -0.1) is 0 Å². The van der Waals surface area contributed by atoms with Gasteiger partial charge in [-0.05, 0) is 18.9 Å². The topological polar surface area (TPSA) is 81.4 Å². The molecule has 0 bridgehead atoms. The molecule has 1 aromatic rings. The van der Waals surface area contributed by atoms with Gasteiger partial charge in [-0.3, -0.25) is 9.59 Å². The lowest BCUT2D eigenvalue weighted by atomic mass is 9.88. The average molecular weight is 248 g/mol. The number of ether oxygens (including phenoxy) is 1. The second kappa shape index (κ2) is 4.78. The van der Waals surface area contributed by atoms with Crippen molar-refractivity contribution < 1.29 is 14.3 Å². The van der Waals surface area contributed by atoms with Gasteiger partial charge in [0.2, 0.25) is 5.91 Å². The van der Waals surface area contributed by atoms with Gasteiger partial charge in [0.05, 0.1) is 6.61 Å². The summed E-state index contributed by atoms with van der Waals surface area (Å²) in [5.74, 6) is -0.524. The molecule has 1 atom stereocenters. The molecule has 1 aliphatic heterocycles. The van der Waals surface area contributed by atoms with Crippen molar-refractivity contribution in [1.82, 2.24) is 0 Å². The number of hydrogen-bond donors (Lipinski definition) is 2. The highest BCUT2D eigenvalue weighted by molar-refractivity contribution is 6.05. The molecule has 1 amide bonds.